The number of methoxy groups -OCH3 is 1. The van der Waals surface area contributed by atoms with Crippen molar-refractivity contribution in [3.63, 3.8) is 0 Å². The Labute approximate surface area is 151 Å². The van der Waals surface area contributed by atoms with E-state index in [2.05, 4.69) is 10.1 Å². The predicted molar refractivity (Wildman–Crippen MR) is 95.4 cm³/mol. The van der Waals surface area contributed by atoms with Crippen molar-refractivity contribution in [1.29, 1.82) is 0 Å². The Morgan fingerprint density at radius 2 is 1.69 bits per heavy atom. The summed E-state index contributed by atoms with van der Waals surface area (Å²) < 4.78 is 4.66. The van der Waals surface area contributed by atoms with Crippen LogP contribution in [0, 0.1) is 6.92 Å². The number of hydrogen-bond acceptors (Lipinski definition) is 4. The molecule has 1 saturated heterocycles. The number of hydrogen-bond donors (Lipinski definition) is 1. The summed E-state index contributed by atoms with van der Waals surface area (Å²) in [4.78, 5) is 38.0. The van der Waals surface area contributed by atoms with Gasteiger partial charge in [0.2, 0.25) is 0 Å². The summed E-state index contributed by atoms with van der Waals surface area (Å²) >= 11 is 0. The fourth-order valence-corrected chi connectivity index (χ4v) is 2.97. The fourth-order valence-electron chi connectivity index (χ4n) is 2.97. The van der Waals surface area contributed by atoms with E-state index in [0.29, 0.717) is 5.56 Å². The molecule has 3 amide bonds. The third-order valence-corrected chi connectivity index (χ3v) is 4.62. The van der Waals surface area contributed by atoms with Gasteiger partial charge in [-0.2, -0.15) is 0 Å². The maximum atomic E-state index is 12.9. The monoisotopic (exact) mass is 352 g/mol. The van der Waals surface area contributed by atoms with Crippen LogP contribution < -0.4 is 5.32 Å². The van der Waals surface area contributed by atoms with Gasteiger partial charge in [-0.3, -0.25) is 9.69 Å². The predicted octanol–water partition coefficient (Wildman–Crippen LogP) is 2.75. The molecular formula is C20H20N2O4. The maximum absolute atomic E-state index is 12.9. The minimum Gasteiger partial charge on any atom is -0.465 e. The molecular weight excluding hydrogens is 332 g/mol. The van der Waals surface area contributed by atoms with Gasteiger partial charge in [0.05, 0.1) is 19.2 Å². The van der Waals surface area contributed by atoms with Crippen LogP contribution in [0.3, 0.4) is 0 Å². The number of imide groups is 1. The van der Waals surface area contributed by atoms with Crippen LogP contribution in [0.15, 0.2) is 48.5 Å². The number of benzene rings is 2. The van der Waals surface area contributed by atoms with Gasteiger partial charge in [0.25, 0.3) is 5.91 Å². The Balaban J connectivity index is 1.81. The summed E-state index contributed by atoms with van der Waals surface area (Å²) in [5, 5.41) is 2.79. The van der Waals surface area contributed by atoms with Crippen molar-refractivity contribution < 1.29 is 19.1 Å². The first-order valence-corrected chi connectivity index (χ1v) is 8.23. The van der Waals surface area contributed by atoms with E-state index in [9.17, 15) is 14.4 Å². The first-order valence-electron chi connectivity index (χ1n) is 8.23. The number of ether oxygens (including phenoxy) is 1. The smallest absolute Gasteiger partial charge is 0.337 e. The van der Waals surface area contributed by atoms with E-state index in [1.54, 1.807) is 31.2 Å². The minimum atomic E-state index is -1.09. The summed E-state index contributed by atoms with van der Waals surface area (Å²) in [7, 11) is 1.31. The molecule has 1 heterocycles. The summed E-state index contributed by atoms with van der Waals surface area (Å²) in [6, 6.07) is 13.7. The van der Waals surface area contributed by atoms with Gasteiger partial charge in [0.1, 0.15) is 5.54 Å². The lowest BCUT2D eigenvalue weighted by molar-refractivity contribution is -0.131. The van der Waals surface area contributed by atoms with Gasteiger partial charge in [-0.1, -0.05) is 42.0 Å². The number of carbonyl (C=O) groups is 3. The number of nitrogens with one attached hydrogen (secondary N) is 1. The Hall–Kier alpha value is -3.15. The fraction of sp³-hybridized carbons (Fsp3) is 0.250. The number of carbonyl (C=O) groups excluding carboxylic acids is 3. The highest BCUT2D eigenvalue weighted by Gasteiger charge is 2.48. The summed E-state index contributed by atoms with van der Waals surface area (Å²) in [5.74, 6) is -0.734. The molecule has 3 rings (SSSR count). The Morgan fingerprint density at radius 1 is 1.08 bits per heavy atom. The summed E-state index contributed by atoms with van der Waals surface area (Å²) in [5.41, 5.74) is 1.89. The van der Waals surface area contributed by atoms with Crippen molar-refractivity contribution in [2.24, 2.45) is 0 Å². The molecule has 6 heteroatoms. The summed E-state index contributed by atoms with van der Waals surface area (Å²) in [6.07, 6.45) is 0. The SMILES string of the molecule is COC(=O)c1ccc(CN2C(=O)NC(C)(c3ccc(C)cc3)C2=O)cc1. The van der Waals surface area contributed by atoms with E-state index in [4.69, 9.17) is 0 Å². The van der Waals surface area contributed by atoms with Crippen LogP contribution in [0.4, 0.5) is 4.79 Å². The topological polar surface area (TPSA) is 75.7 Å². The van der Waals surface area contributed by atoms with E-state index in [-0.39, 0.29) is 12.5 Å². The van der Waals surface area contributed by atoms with E-state index < -0.39 is 17.5 Å². The van der Waals surface area contributed by atoms with Gasteiger partial charge >= 0.3 is 12.0 Å². The van der Waals surface area contributed by atoms with Crippen molar-refractivity contribution in [2.75, 3.05) is 7.11 Å². The van der Waals surface area contributed by atoms with Gasteiger partial charge < -0.3 is 10.1 Å². The van der Waals surface area contributed by atoms with Crippen LogP contribution >= 0.6 is 0 Å². The van der Waals surface area contributed by atoms with Crippen molar-refractivity contribution >= 4 is 17.9 Å². The standard InChI is InChI=1S/C20H20N2O4/c1-13-4-10-16(11-5-13)20(2)18(24)22(19(25)21-20)12-14-6-8-15(9-7-14)17(23)26-3/h4-11H,12H2,1-3H3,(H,21,25). The lowest BCUT2D eigenvalue weighted by Gasteiger charge is -2.22. The van der Waals surface area contributed by atoms with Crippen LogP contribution in [0.2, 0.25) is 0 Å². The average Bonchev–Trinajstić information content (AvgIpc) is 2.86. The Morgan fingerprint density at radius 3 is 2.27 bits per heavy atom. The van der Waals surface area contributed by atoms with Gasteiger partial charge in [0.15, 0.2) is 0 Å². The number of esters is 1. The molecule has 6 nitrogen and oxygen atoms in total. The average molecular weight is 352 g/mol. The molecule has 2 aromatic rings. The van der Waals surface area contributed by atoms with Crippen LogP contribution in [0.25, 0.3) is 0 Å². The Bertz CT molecular complexity index is 858. The second kappa shape index (κ2) is 6.63. The third kappa shape index (κ3) is 3.06. The first-order chi connectivity index (χ1) is 12.3. The van der Waals surface area contributed by atoms with E-state index in [1.807, 2.05) is 31.2 Å². The third-order valence-electron chi connectivity index (χ3n) is 4.62. The lowest BCUT2D eigenvalue weighted by atomic mass is 9.91. The second-order valence-electron chi connectivity index (χ2n) is 6.50. The van der Waals surface area contributed by atoms with Crippen LogP contribution in [0.5, 0.6) is 0 Å². The molecule has 1 aliphatic rings. The van der Waals surface area contributed by atoms with Crippen molar-refractivity contribution in [1.82, 2.24) is 10.2 Å². The van der Waals surface area contributed by atoms with Crippen molar-refractivity contribution in [3.05, 3.63) is 70.8 Å². The highest BCUT2D eigenvalue weighted by atomic mass is 16.5. The molecule has 1 N–H and O–H groups in total. The number of nitrogens with zero attached hydrogens (tertiary/aromatic N) is 1. The van der Waals surface area contributed by atoms with Gasteiger partial charge in [-0.25, -0.2) is 9.59 Å². The number of urea groups is 1. The highest BCUT2D eigenvalue weighted by Crippen LogP contribution is 2.30. The quantitative estimate of drug-likeness (QED) is 0.678. The van der Waals surface area contributed by atoms with E-state index in [0.717, 1.165) is 16.7 Å². The molecule has 1 aliphatic heterocycles. The van der Waals surface area contributed by atoms with Crippen molar-refractivity contribution in [2.45, 2.75) is 25.9 Å². The highest BCUT2D eigenvalue weighted by molar-refractivity contribution is 6.07. The van der Waals surface area contributed by atoms with Crippen LogP contribution in [0.1, 0.15) is 34.0 Å². The molecule has 2 aromatic carbocycles. The number of rotatable bonds is 4. The largest absolute Gasteiger partial charge is 0.465 e. The maximum Gasteiger partial charge on any atom is 0.337 e. The zero-order valence-corrected chi connectivity index (χ0v) is 14.9. The summed E-state index contributed by atoms with van der Waals surface area (Å²) in [6.45, 7) is 3.80. The molecule has 0 aromatic heterocycles. The molecule has 1 fully saturated rings. The molecule has 0 bridgehead atoms. The van der Waals surface area contributed by atoms with Gasteiger partial charge in [-0.15, -0.1) is 0 Å². The van der Waals surface area contributed by atoms with E-state index >= 15 is 0 Å². The molecule has 1 atom stereocenters. The molecule has 0 aliphatic carbocycles. The van der Waals surface area contributed by atoms with Gasteiger partial charge in [-0.05, 0) is 37.1 Å². The zero-order chi connectivity index (χ0) is 18.9. The van der Waals surface area contributed by atoms with Crippen LogP contribution in [-0.4, -0.2) is 29.9 Å². The Kier molecular flexibility index (Phi) is 4.50. The van der Waals surface area contributed by atoms with Gasteiger partial charge in [0, 0.05) is 0 Å². The normalized spacial score (nSPS) is 19.4. The van der Waals surface area contributed by atoms with Crippen LogP contribution in [-0.2, 0) is 21.6 Å². The minimum absolute atomic E-state index is 0.133. The zero-order valence-electron chi connectivity index (χ0n) is 14.9. The molecule has 134 valence electrons. The number of amides is 3. The molecule has 0 spiro atoms. The van der Waals surface area contributed by atoms with E-state index in [1.165, 1.54) is 12.0 Å². The molecule has 1 unspecified atom stereocenters. The molecule has 0 saturated carbocycles. The second-order valence-corrected chi connectivity index (χ2v) is 6.50. The molecule has 0 radical (unpaired) electrons. The number of aryl methyl sites for hydroxylation is 1. The lowest BCUT2D eigenvalue weighted by Crippen LogP contribution is -2.40. The first kappa shape index (κ1) is 17.7. The molecule has 26 heavy (non-hydrogen) atoms. The van der Waals surface area contributed by atoms with Crippen molar-refractivity contribution in [3.8, 4) is 0 Å².